The zero-order chi connectivity index (χ0) is 50.4. The van der Waals surface area contributed by atoms with Crippen LogP contribution in [0.2, 0.25) is 0 Å². The van der Waals surface area contributed by atoms with Crippen LogP contribution in [0.4, 0.5) is 4.79 Å². The van der Waals surface area contributed by atoms with Gasteiger partial charge in [-0.25, -0.2) is 19.2 Å². The van der Waals surface area contributed by atoms with Crippen LogP contribution in [0.3, 0.4) is 0 Å². The van der Waals surface area contributed by atoms with Gasteiger partial charge in [0.25, 0.3) is 0 Å². The van der Waals surface area contributed by atoms with Gasteiger partial charge < -0.3 is 59.1 Å². The van der Waals surface area contributed by atoms with Gasteiger partial charge in [0.15, 0.2) is 18.0 Å². The highest BCUT2D eigenvalue weighted by Crippen LogP contribution is 2.64. The molecule has 0 radical (unpaired) electrons. The zero-order valence-corrected chi connectivity index (χ0v) is 40.0. The van der Waals surface area contributed by atoms with Gasteiger partial charge >= 0.3 is 35.9 Å². The minimum absolute atomic E-state index is 0.0401. The van der Waals surface area contributed by atoms with E-state index in [0.717, 1.165) is 6.92 Å². The summed E-state index contributed by atoms with van der Waals surface area (Å²) in [5.74, 6) is -7.55. The van der Waals surface area contributed by atoms with Crippen molar-refractivity contribution in [1.82, 2.24) is 10.6 Å². The molecule has 19 heteroatoms. The molecule has 1 amide bonds. The standard InChI is InChI=1S/C50H62N2O17/c1-26-31(65-44(60)38(66-34(55)24-63-43(59)30-20-15-21-51-30)36(28-16-11-9-12-17-28)52-45(61)69-46(3,4)5)23-50(62)41(67-42(58)29-18-13-10-14-19-29)39-48(8,40(57)37(56)35(26)47(50,6)7)32(54)22-33-49(39,25-64-33)68-27(2)53/h9-14,16-19,30-33,36-39,41,51,54,56,62H,15,20-25H2,1-8H3,(H,52,61)/t30-,31-,32-,33+,36-,37+,38+,39-,41-,48+,49-,50+/m0/s1. The van der Waals surface area contributed by atoms with Crippen LogP contribution in [0.1, 0.15) is 103 Å². The highest BCUT2D eigenvalue weighted by molar-refractivity contribution is 5.94. The molecule has 2 saturated heterocycles. The molecule has 5 N–H and O–H groups in total. The third-order valence-corrected chi connectivity index (χ3v) is 14.5. The van der Waals surface area contributed by atoms with E-state index >= 15 is 9.59 Å². The average molecular weight is 963 g/mol. The van der Waals surface area contributed by atoms with Gasteiger partial charge in [-0.05, 0) is 82.8 Å². The largest absolute Gasteiger partial charge is 0.455 e. The third kappa shape index (κ3) is 9.50. The lowest BCUT2D eigenvalue weighted by Crippen LogP contribution is -2.81. The van der Waals surface area contributed by atoms with Crippen molar-refractivity contribution in [2.24, 2.45) is 16.7 Å². The maximum absolute atomic E-state index is 15.2. The van der Waals surface area contributed by atoms with Crippen LogP contribution in [-0.2, 0) is 57.1 Å². The predicted octanol–water partition coefficient (Wildman–Crippen LogP) is 3.11. The number of nitrogens with one attached hydrogen (secondary N) is 2. The van der Waals surface area contributed by atoms with E-state index in [0.29, 0.717) is 19.4 Å². The molecule has 374 valence electrons. The maximum Gasteiger partial charge on any atom is 0.408 e. The first-order chi connectivity index (χ1) is 32.4. The molecule has 2 bridgehead atoms. The maximum atomic E-state index is 15.2. The van der Waals surface area contributed by atoms with Gasteiger partial charge in [0.05, 0.1) is 29.6 Å². The van der Waals surface area contributed by atoms with Crippen LogP contribution in [0.15, 0.2) is 71.8 Å². The van der Waals surface area contributed by atoms with E-state index in [9.17, 15) is 39.3 Å². The average Bonchev–Trinajstić information content (AvgIpc) is 3.83. The molecule has 0 aromatic heterocycles. The fourth-order valence-corrected chi connectivity index (χ4v) is 11.0. The number of aliphatic hydroxyl groups is 3. The Balaban J connectivity index is 1.34. The van der Waals surface area contributed by atoms with Crippen molar-refractivity contribution in [2.45, 2.75) is 147 Å². The number of aliphatic hydroxyl groups excluding tert-OH is 2. The molecular weight excluding hydrogens is 901 g/mol. The van der Waals surface area contributed by atoms with Crippen molar-refractivity contribution >= 4 is 41.7 Å². The number of ketones is 1. The highest BCUT2D eigenvalue weighted by Gasteiger charge is 2.78. The molecule has 5 aliphatic rings. The molecule has 7 rings (SSSR count). The Kier molecular flexibility index (Phi) is 14.2. The summed E-state index contributed by atoms with van der Waals surface area (Å²) < 4.78 is 41.1. The minimum Gasteiger partial charge on any atom is -0.455 e. The quantitative estimate of drug-likeness (QED) is 0.116. The molecule has 2 saturated carbocycles. The SMILES string of the molecule is CC(=O)O[C@@]12CO[C@@H]1C[C@H](O)[C@@]1(C)C(=O)[C@H](O)C3=C(C)[C@@H](OC(=O)[C@H](OC(=O)COC(=O)[C@@H]4CCCN4)[C@@H](NC(=O)OC(C)(C)C)c4ccccc4)C[C@@](O)([C@@H](OC(=O)c4ccccc4)[C@H]21)C3(C)C. The van der Waals surface area contributed by atoms with E-state index in [1.54, 1.807) is 69.3 Å². The summed E-state index contributed by atoms with van der Waals surface area (Å²) in [6.07, 6.45) is -11.0. The number of alkyl carbamates (subject to hydrolysis) is 1. The Morgan fingerprint density at radius 1 is 0.957 bits per heavy atom. The summed E-state index contributed by atoms with van der Waals surface area (Å²) in [4.78, 5) is 97.5. The first kappa shape index (κ1) is 51.1. The minimum atomic E-state index is -2.46. The van der Waals surface area contributed by atoms with Crippen molar-refractivity contribution in [3.05, 3.63) is 82.9 Å². The van der Waals surface area contributed by atoms with Crippen LogP contribution in [-0.4, -0.2) is 136 Å². The summed E-state index contributed by atoms with van der Waals surface area (Å²) in [6.45, 7) is 11.1. The number of hydrogen-bond acceptors (Lipinski definition) is 18. The number of rotatable bonds is 12. The van der Waals surface area contributed by atoms with Crippen LogP contribution in [0.5, 0.6) is 0 Å². The lowest BCUT2D eigenvalue weighted by molar-refractivity contribution is -0.346. The topological polar surface area (TPSA) is 269 Å². The molecule has 0 unspecified atom stereocenters. The van der Waals surface area contributed by atoms with Gasteiger partial charge in [-0.1, -0.05) is 62.4 Å². The van der Waals surface area contributed by atoms with Gasteiger partial charge in [-0.15, -0.1) is 0 Å². The molecule has 2 aromatic carbocycles. The normalized spacial score (nSPS) is 32.2. The summed E-state index contributed by atoms with van der Waals surface area (Å²) in [5.41, 5.74) is -8.86. The van der Waals surface area contributed by atoms with E-state index in [4.69, 9.17) is 33.2 Å². The number of fused-ring (bicyclic) bond motifs is 5. The number of amides is 1. The Morgan fingerprint density at radius 2 is 1.61 bits per heavy atom. The van der Waals surface area contributed by atoms with Crippen LogP contribution < -0.4 is 10.6 Å². The molecule has 0 spiro atoms. The molecule has 3 aliphatic carbocycles. The van der Waals surface area contributed by atoms with Gasteiger partial charge in [-0.3, -0.25) is 14.4 Å². The molecule has 19 nitrogen and oxygen atoms in total. The summed E-state index contributed by atoms with van der Waals surface area (Å²) in [7, 11) is 0. The molecular formula is C50H62N2O17. The highest BCUT2D eigenvalue weighted by atomic mass is 16.6. The summed E-state index contributed by atoms with van der Waals surface area (Å²) in [6, 6.07) is 13.5. The van der Waals surface area contributed by atoms with Crippen molar-refractivity contribution in [3.63, 3.8) is 0 Å². The molecule has 2 aromatic rings. The number of esters is 5. The van der Waals surface area contributed by atoms with E-state index in [-0.39, 0.29) is 35.3 Å². The number of carbonyl (C=O) groups is 7. The second kappa shape index (κ2) is 19.2. The third-order valence-electron chi connectivity index (χ3n) is 14.5. The number of benzene rings is 2. The fraction of sp³-hybridized carbons (Fsp3) is 0.580. The van der Waals surface area contributed by atoms with Gasteiger partial charge in [0, 0.05) is 25.2 Å². The molecule has 69 heavy (non-hydrogen) atoms. The molecule has 12 atom stereocenters. The Bertz CT molecular complexity index is 2360. The smallest absolute Gasteiger partial charge is 0.408 e. The number of Topliss-reactive ketones (excluding diaryl/α,β-unsaturated/α-hetero) is 1. The number of ether oxygens (including phenoxy) is 7. The predicted molar refractivity (Wildman–Crippen MR) is 239 cm³/mol. The van der Waals surface area contributed by atoms with Crippen LogP contribution in [0, 0.1) is 16.7 Å². The second-order valence-electron chi connectivity index (χ2n) is 20.3. The Labute approximate surface area is 399 Å². The first-order valence-corrected chi connectivity index (χ1v) is 23.1. The van der Waals surface area contributed by atoms with Crippen molar-refractivity contribution in [2.75, 3.05) is 19.8 Å². The summed E-state index contributed by atoms with van der Waals surface area (Å²) >= 11 is 0. The van der Waals surface area contributed by atoms with Gasteiger partial charge in [0.1, 0.15) is 47.7 Å². The van der Waals surface area contributed by atoms with Crippen molar-refractivity contribution < 1.29 is 82.0 Å². The van der Waals surface area contributed by atoms with Gasteiger partial charge in [-0.2, -0.15) is 0 Å². The van der Waals surface area contributed by atoms with E-state index < -0.39 is 137 Å². The Morgan fingerprint density at radius 3 is 2.19 bits per heavy atom. The lowest BCUT2D eigenvalue weighted by Gasteiger charge is -2.67. The molecule has 2 aliphatic heterocycles. The number of carbonyl (C=O) groups excluding carboxylic acids is 7. The zero-order valence-electron chi connectivity index (χ0n) is 40.0. The van der Waals surface area contributed by atoms with Crippen molar-refractivity contribution in [1.29, 1.82) is 0 Å². The fourth-order valence-electron chi connectivity index (χ4n) is 11.0. The van der Waals surface area contributed by atoms with E-state index in [2.05, 4.69) is 10.6 Å². The molecule has 4 fully saturated rings. The second-order valence-corrected chi connectivity index (χ2v) is 20.3. The van der Waals surface area contributed by atoms with Crippen LogP contribution >= 0.6 is 0 Å². The van der Waals surface area contributed by atoms with Gasteiger partial charge in [0.2, 0.25) is 6.10 Å². The van der Waals surface area contributed by atoms with E-state index in [1.165, 1.54) is 39.8 Å². The summed E-state index contributed by atoms with van der Waals surface area (Å²) in [5, 5.41) is 43.7. The first-order valence-electron chi connectivity index (χ1n) is 23.1. The van der Waals surface area contributed by atoms with Crippen molar-refractivity contribution in [3.8, 4) is 0 Å². The number of hydrogen-bond donors (Lipinski definition) is 5. The lowest BCUT2D eigenvalue weighted by atomic mass is 9.44. The monoisotopic (exact) mass is 962 g/mol. The molecule has 2 heterocycles. The Hall–Kier alpha value is -5.73. The van der Waals surface area contributed by atoms with E-state index in [1.807, 2.05) is 0 Å². The van der Waals surface area contributed by atoms with Crippen LogP contribution in [0.25, 0.3) is 0 Å².